The molecule has 1 aliphatic rings. The van der Waals surface area contributed by atoms with Crippen molar-refractivity contribution in [2.24, 2.45) is 0 Å². The third-order valence-corrected chi connectivity index (χ3v) is 8.02. The molecule has 0 amide bonds. The van der Waals surface area contributed by atoms with Crippen molar-refractivity contribution in [3.8, 4) is 0 Å². The van der Waals surface area contributed by atoms with Crippen LogP contribution in [0.15, 0.2) is 47.6 Å². The van der Waals surface area contributed by atoms with Crippen molar-refractivity contribution in [1.29, 1.82) is 0 Å². The quantitative estimate of drug-likeness (QED) is 0.395. The van der Waals surface area contributed by atoms with Gasteiger partial charge in [-0.2, -0.15) is 26.7 Å². The first kappa shape index (κ1) is 24.7. The number of fused-ring (bicyclic) bond motifs is 3. The molecule has 1 aromatic carbocycles. The fraction of sp³-hybridized carbons (Fsp3) is 0.435. The zero-order valence-electron chi connectivity index (χ0n) is 19.4. The zero-order chi connectivity index (χ0) is 25.7. The molecule has 9 nitrogen and oxygen atoms in total. The number of rotatable bonds is 7. The maximum absolute atomic E-state index is 13.2. The van der Waals surface area contributed by atoms with Crippen molar-refractivity contribution >= 4 is 32.1 Å². The lowest BCUT2D eigenvalue weighted by Crippen LogP contribution is -2.24. The number of hydrogen-bond donors (Lipinski definition) is 1. The average Bonchev–Trinajstić information content (AvgIpc) is 3.54. The number of alkyl halides is 3. The summed E-state index contributed by atoms with van der Waals surface area (Å²) in [6.45, 7) is 3.00. The van der Waals surface area contributed by atoms with Crippen molar-refractivity contribution in [3.05, 3.63) is 48.5 Å². The molecule has 4 aromatic rings. The first-order valence-electron chi connectivity index (χ1n) is 11.6. The summed E-state index contributed by atoms with van der Waals surface area (Å²) in [7, 11) is -4.00. The minimum atomic E-state index is -4.18. The third kappa shape index (κ3) is 4.46. The highest BCUT2D eigenvalue weighted by Crippen LogP contribution is 2.34. The highest BCUT2D eigenvalue weighted by atomic mass is 32.2. The number of hydrogen-bond acceptors (Lipinski definition) is 7. The standard InChI is InChI=1S/C23H25F3N6O3S/c1-15(33)21-29-19-13-27-22-18(12-28-32(22)36(34,35)17-6-3-2-4-7-17)20(19)31(21)16-8-11-30(14-16)10-5-9-23(24,25)26/h2-4,6-7,12-13,15-16,33H,5,8-11,14H2,1H3/t15-,16+/m1/s1. The van der Waals surface area contributed by atoms with Crippen molar-refractivity contribution in [2.45, 2.75) is 49.4 Å². The van der Waals surface area contributed by atoms with Crippen LogP contribution in [0.25, 0.3) is 22.1 Å². The molecule has 1 N–H and O–H groups in total. The van der Waals surface area contributed by atoms with Crippen LogP contribution in [0.2, 0.25) is 0 Å². The molecule has 192 valence electrons. The molecule has 1 saturated heterocycles. The van der Waals surface area contributed by atoms with Gasteiger partial charge in [0.15, 0.2) is 5.65 Å². The minimum absolute atomic E-state index is 0.0163. The van der Waals surface area contributed by atoms with Crippen LogP contribution in [0, 0.1) is 0 Å². The fourth-order valence-electron chi connectivity index (χ4n) is 4.82. The number of likely N-dealkylation sites (tertiary alicyclic amines) is 1. The number of pyridine rings is 1. The second-order valence-corrected chi connectivity index (χ2v) is 10.8. The molecule has 36 heavy (non-hydrogen) atoms. The first-order chi connectivity index (χ1) is 17.1. The third-order valence-electron chi connectivity index (χ3n) is 6.43. The van der Waals surface area contributed by atoms with Crippen LogP contribution in [-0.4, -0.2) is 68.0 Å². The van der Waals surface area contributed by atoms with Gasteiger partial charge in [-0.15, -0.1) is 4.09 Å². The Morgan fingerprint density at radius 3 is 2.64 bits per heavy atom. The highest BCUT2D eigenvalue weighted by Gasteiger charge is 2.32. The molecule has 0 spiro atoms. The van der Waals surface area contributed by atoms with Gasteiger partial charge >= 0.3 is 6.18 Å². The van der Waals surface area contributed by atoms with Crippen LogP contribution < -0.4 is 0 Å². The Hall–Kier alpha value is -3.03. The lowest BCUT2D eigenvalue weighted by atomic mass is 10.2. The highest BCUT2D eigenvalue weighted by molar-refractivity contribution is 7.90. The van der Waals surface area contributed by atoms with E-state index < -0.39 is 28.7 Å². The van der Waals surface area contributed by atoms with Gasteiger partial charge in [-0.05, 0) is 38.4 Å². The zero-order valence-corrected chi connectivity index (χ0v) is 20.2. The molecular weight excluding hydrogens is 497 g/mol. The number of halogens is 3. The second kappa shape index (κ2) is 9.12. The monoisotopic (exact) mass is 522 g/mol. The van der Waals surface area contributed by atoms with Crippen molar-refractivity contribution in [1.82, 2.24) is 28.6 Å². The van der Waals surface area contributed by atoms with Gasteiger partial charge in [-0.1, -0.05) is 18.2 Å². The van der Waals surface area contributed by atoms with Crippen LogP contribution >= 0.6 is 0 Å². The molecule has 5 rings (SSSR count). The van der Waals surface area contributed by atoms with Crippen LogP contribution in [0.3, 0.4) is 0 Å². The van der Waals surface area contributed by atoms with Gasteiger partial charge in [0.25, 0.3) is 10.0 Å². The lowest BCUT2D eigenvalue weighted by molar-refractivity contribution is -0.136. The Bertz CT molecular complexity index is 1500. The molecule has 4 heterocycles. The molecular formula is C23H25F3N6O3S. The number of imidazole rings is 1. The first-order valence-corrected chi connectivity index (χ1v) is 13.0. The molecule has 13 heteroatoms. The Kier molecular flexibility index (Phi) is 6.25. The molecule has 2 atom stereocenters. The summed E-state index contributed by atoms with van der Waals surface area (Å²) in [5, 5.41) is 15.1. The lowest BCUT2D eigenvalue weighted by Gasteiger charge is -2.20. The van der Waals surface area contributed by atoms with E-state index in [4.69, 9.17) is 0 Å². The fourth-order valence-corrected chi connectivity index (χ4v) is 6.07. The van der Waals surface area contributed by atoms with E-state index in [2.05, 4.69) is 15.1 Å². The molecule has 0 unspecified atom stereocenters. The van der Waals surface area contributed by atoms with Gasteiger partial charge in [0.2, 0.25) is 0 Å². The van der Waals surface area contributed by atoms with E-state index in [0.29, 0.717) is 48.3 Å². The molecule has 3 aromatic heterocycles. The van der Waals surface area contributed by atoms with E-state index in [1.165, 1.54) is 24.5 Å². The van der Waals surface area contributed by atoms with Gasteiger partial charge in [0.1, 0.15) is 17.4 Å². The van der Waals surface area contributed by atoms with E-state index in [0.717, 1.165) is 4.09 Å². The van der Waals surface area contributed by atoms with Crippen LogP contribution in [0.5, 0.6) is 0 Å². The Morgan fingerprint density at radius 2 is 1.94 bits per heavy atom. The molecule has 0 aliphatic carbocycles. The molecule has 0 radical (unpaired) electrons. The van der Waals surface area contributed by atoms with Crippen molar-refractivity contribution in [3.63, 3.8) is 0 Å². The topological polar surface area (TPSA) is 106 Å². The smallest absolute Gasteiger partial charge is 0.385 e. The second-order valence-electron chi connectivity index (χ2n) is 9.01. The Balaban J connectivity index is 1.55. The number of aromatic nitrogens is 5. The van der Waals surface area contributed by atoms with E-state index in [1.54, 1.807) is 25.1 Å². The molecule has 0 saturated carbocycles. The van der Waals surface area contributed by atoms with Gasteiger partial charge in [-0.3, -0.25) is 0 Å². The van der Waals surface area contributed by atoms with Crippen LogP contribution in [-0.2, 0) is 10.0 Å². The summed E-state index contributed by atoms with van der Waals surface area (Å²) >= 11 is 0. The SMILES string of the molecule is C[C@@H](O)c1nc2cnc3c(cnn3S(=O)(=O)c3ccccc3)c2n1[C@H]1CCN(CCCC(F)(F)F)C1. The van der Waals surface area contributed by atoms with Gasteiger partial charge in [0, 0.05) is 25.6 Å². The maximum atomic E-state index is 13.2. The Morgan fingerprint density at radius 1 is 1.19 bits per heavy atom. The normalized spacial score (nSPS) is 18.4. The largest absolute Gasteiger partial charge is 0.389 e. The van der Waals surface area contributed by atoms with Crippen LogP contribution in [0.4, 0.5) is 13.2 Å². The summed E-state index contributed by atoms with van der Waals surface area (Å²) in [6, 6.07) is 7.74. The van der Waals surface area contributed by atoms with Gasteiger partial charge in [-0.25, -0.2) is 9.97 Å². The summed E-state index contributed by atoms with van der Waals surface area (Å²) in [5.41, 5.74) is 1.20. The summed E-state index contributed by atoms with van der Waals surface area (Å²) in [5.74, 6) is 0.389. The van der Waals surface area contributed by atoms with E-state index in [9.17, 15) is 26.7 Å². The maximum Gasteiger partial charge on any atom is 0.389 e. The molecule has 1 aliphatic heterocycles. The van der Waals surface area contributed by atoms with E-state index in [-0.39, 0.29) is 23.0 Å². The number of aliphatic hydroxyl groups is 1. The van der Waals surface area contributed by atoms with Crippen LogP contribution in [0.1, 0.15) is 44.2 Å². The molecule has 0 bridgehead atoms. The van der Waals surface area contributed by atoms with E-state index in [1.807, 2.05) is 9.47 Å². The predicted octanol–water partition coefficient (Wildman–Crippen LogP) is 3.66. The minimum Gasteiger partial charge on any atom is -0.385 e. The average molecular weight is 523 g/mol. The molecule has 1 fully saturated rings. The summed E-state index contributed by atoms with van der Waals surface area (Å²) in [6.07, 6.45) is -2.39. The van der Waals surface area contributed by atoms with Crippen molar-refractivity contribution < 1.29 is 26.7 Å². The van der Waals surface area contributed by atoms with Gasteiger partial charge in [0.05, 0.1) is 28.2 Å². The summed E-state index contributed by atoms with van der Waals surface area (Å²) in [4.78, 5) is 10.9. The van der Waals surface area contributed by atoms with Crippen molar-refractivity contribution in [2.75, 3.05) is 19.6 Å². The van der Waals surface area contributed by atoms with Gasteiger partial charge < -0.3 is 14.6 Å². The number of nitrogens with zero attached hydrogens (tertiary/aromatic N) is 6. The predicted molar refractivity (Wildman–Crippen MR) is 126 cm³/mol. The number of aliphatic hydroxyl groups excluding tert-OH is 1. The number of benzene rings is 1. The Labute approximate surface area is 205 Å². The van der Waals surface area contributed by atoms with E-state index >= 15 is 0 Å². The summed E-state index contributed by atoms with van der Waals surface area (Å²) < 4.78 is 66.9.